The van der Waals surface area contributed by atoms with Crippen molar-refractivity contribution < 1.29 is 22.7 Å². The van der Waals surface area contributed by atoms with E-state index in [0.717, 1.165) is 42.9 Å². The molecule has 3 aromatic heterocycles. The van der Waals surface area contributed by atoms with E-state index in [2.05, 4.69) is 33.7 Å². The summed E-state index contributed by atoms with van der Waals surface area (Å²) in [6.45, 7) is 7.90. The van der Waals surface area contributed by atoms with E-state index in [-0.39, 0.29) is 43.2 Å². The van der Waals surface area contributed by atoms with Crippen molar-refractivity contribution in [1.82, 2.24) is 29.3 Å². The number of aromatic nitrogens is 5. The summed E-state index contributed by atoms with van der Waals surface area (Å²) in [6.07, 6.45) is 2.47. The van der Waals surface area contributed by atoms with E-state index < -0.39 is 11.6 Å². The van der Waals surface area contributed by atoms with Gasteiger partial charge in [-0.15, -0.1) is 5.10 Å². The second-order valence-electron chi connectivity index (χ2n) is 12.0. The van der Waals surface area contributed by atoms with Gasteiger partial charge in [-0.1, -0.05) is 0 Å². The van der Waals surface area contributed by atoms with Gasteiger partial charge in [0.05, 0.1) is 34.4 Å². The van der Waals surface area contributed by atoms with Crippen molar-refractivity contribution in [1.29, 1.82) is 0 Å². The molecule has 2 aliphatic heterocycles. The number of nitrogens with zero attached hydrogens (tertiary/aromatic N) is 6. The lowest BCUT2D eigenvalue weighted by atomic mass is 9.93. The fourth-order valence-electron chi connectivity index (χ4n) is 6.03. The van der Waals surface area contributed by atoms with Gasteiger partial charge in [0.25, 0.3) is 5.91 Å². The SMILES string of the molecule is Cc1c2cnn1CCC[C@@H]1CN(c3nc(-n4ccc(OCCC5(C(F)(F)F)CC5)n4)ccc3C(=O)NS2)C(C)(C)C1. The van der Waals surface area contributed by atoms with Crippen LogP contribution in [0.25, 0.3) is 5.82 Å². The Bertz CT molecular complexity index is 1450. The predicted octanol–water partition coefficient (Wildman–Crippen LogP) is 5.72. The standard InChI is InChI=1S/C28H34F3N7O2S/c1-18-21-16-32-37(18)12-4-5-19-15-26(2,3)36(17-19)24-20(25(39)35-41-21)6-7-22(33-24)38-13-8-23(34-38)40-14-11-27(9-10-27)28(29,30)31/h6-8,13,16,19H,4-5,9-12,14-15,17H2,1-3H3,(H,35,39)/t19-/m0/s1. The van der Waals surface area contributed by atoms with E-state index in [0.29, 0.717) is 23.1 Å². The second-order valence-corrected chi connectivity index (χ2v) is 12.8. The molecule has 5 heterocycles. The molecule has 1 amide bonds. The van der Waals surface area contributed by atoms with Crippen LogP contribution in [0.5, 0.6) is 5.88 Å². The lowest BCUT2D eigenvalue weighted by Crippen LogP contribution is -2.40. The molecule has 41 heavy (non-hydrogen) atoms. The number of pyridine rings is 1. The van der Waals surface area contributed by atoms with Gasteiger partial charge in [-0.3, -0.25) is 14.2 Å². The second kappa shape index (κ2) is 10.2. The van der Waals surface area contributed by atoms with Crippen LogP contribution in [0.4, 0.5) is 19.0 Å². The number of carbonyl (C=O) groups is 1. The highest BCUT2D eigenvalue weighted by atomic mass is 32.2. The van der Waals surface area contributed by atoms with Crippen LogP contribution >= 0.6 is 11.9 Å². The Morgan fingerprint density at radius 2 is 2.02 bits per heavy atom. The minimum absolute atomic E-state index is 0.0618. The number of anilines is 1. The van der Waals surface area contributed by atoms with Gasteiger partial charge < -0.3 is 9.64 Å². The van der Waals surface area contributed by atoms with E-state index >= 15 is 0 Å². The van der Waals surface area contributed by atoms with E-state index in [1.165, 1.54) is 16.6 Å². The van der Waals surface area contributed by atoms with E-state index in [1.54, 1.807) is 30.6 Å². The molecule has 2 fully saturated rings. The third-order valence-corrected chi connectivity index (χ3v) is 9.61. The molecule has 1 saturated carbocycles. The van der Waals surface area contributed by atoms with Crippen molar-refractivity contribution in [2.45, 2.75) is 82.5 Å². The van der Waals surface area contributed by atoms with Crippen LogP contribution in [0.1, 0.15) is 68.4 Å². The number of halogens is 3. The summed E-state index contributed by atoms with van der Waals surface area (Å²) in [4.78, 5) is 21.5. The van der Waals surface area contributed by atoms with Crippen LogP contribution in [0, 0.1) is 18.3 Å². The molecular formula is C28H34F3N7O2S. The summed E-state index contributed by atoms with van der Waals surface area (Å²) in [7, 11) is 0. The summed E-state index contributed by atoms with van der Waals surface area (Å²) in [5, 5.41) is 8.92. The molecule has 1 atom stereocenters. The maximum Gasteiger partial charge on any atom is 0.394 e. The zero-order valence-electron chi connectivity index (χ0n) is 23.4. The Morgan fingerprint density at radius 3 is 2.78 bits per heavy atom. The summed E-state index contributed by atoms with van der Waals surface area (Å²) in [5.74, 6) is 1.49. The lowest BCUT2D eigenvalue weighted by Gasteiger charge is -2.34. The summed E-state index contributed by atoms with van der Waals surface area (Å²) < 4.78 is 51.8. The normalized spacial score (nSPS) is 21.7. The van der Waals surface area contributed by atoms with Gasteiger partial charge in [-0.2, -0.15) is 18.3 Å². The van der Waals surface area contributed by atoms with Gasteiger partial charge in [0.2, 0.25) is 5.88 Å². The monoisotopic (exact) mass is 589 g/mol. The molecule has 9 nitrogen and oxygen atoms in total. The molecule has 4 bridgehead atoms. The quantitative estimate of drug-likeness (QED) is 0.381. The third kappa shape index (κ3) is 5.40. The van der Waals surface area contributed by atoms with Crippen molar-refractivity contribution in [3.8, 4) is 11.7 Å². The highest BCUT2D eigenvalue weighted by molar-refractivity contribution is 7.98. The lowest BCUT2D eigenvalue weighted by molar-refractivity contribution is -0.190. The van der Waals surface area contributed by atoms with Gasteiger partial charge in [0.15, 0.2) is 5.82 Å². The van der Waals surface area contributed by atoms with E-state index in [1.807, 2.05) is 11.6 Å². The average molecular weight is 590 g/mol. The molecule has 0 spiro atoms. The molecule has 6 rings (SSSR count). The number of aryl methyl sites for hydroxylation is 1. The van der Waals surface area contributed by atoms with Gasteiger partial charge in [0, 0.05) is 30.9 Å². The van der Waals surface area contributed by atoms with Crippen LogP contribution in [-0.4, -0.2) is 55.3 Å². The molecule has 1 saturated heterocycles. The first-order valence-electron chi connectivity index (χ1n) is 14.0. The van der Waals surface area contributed by atoms with Crippen LogP contribution in [0.15, 0.2) is 35.5 Å². The first-order valence-corrected chi connectivity index (χ1v) is 14.8. The molecular weight excluding hydrogens is 555 g/mol. The smallest absolute Gasteiger partial charge is 0.394 e. The fraction of sp³-hybridized carbons (Fsp3) is 0.571. The predicted molar refractivity (Wildman–Crippen MR) is 148 cm³/mol. The molecule has 0 unspecified atom stereocenters. The number of alkyl halides is 3. The van der Waals surface area contributed by atoms with Crippen molar-refractivity contribution in [2.75, 3.05) is 18.1 Å². The Balaban J connectivity index is 1.26. The molecule has 0 aromatic carbocycles. The molecule has 13 heteroatoms. The highest BCUT2D eigenvalue weighted by Crippen LogP contribution is 2.59. The topological polar surface area (TPSA) is 90.1 Å². The highest BCUT2D eigenvalue weighted by Gasteiger charge is 2.62. The number of fused-ring (bicyclic) bond motifs is 6. The number of rotatable bonds is 5. The van der Waals surface area contributed by atoms with Crippen molar-refractivity contribution in [3.63, 3.8) is 0 Å². The zero-order valence-corrected chi connectivity index (χ0v) is 24.2. The zero-order chi connectivity index (χ0) is 29.0. The molecule has 220 valence electrons. The maximum absolute atomic E-state index is 13.5. The Morgan fingerprint density at radius 1 is 1.22 bits per heavy atom. The molecule has 0 radical (unpaired) electrons. The fourth-order valence-corrected chi connectivity index (χ4v) is 6.70. The molecule has 1 aliphatic carbocycles. The van der Waals surface area contributed by atoms with Gasteiger partial charge in [-0.25, -0.2) is 9.67 Å². The molecule has 3 aliphatic rings. The van der Waals surface area contributed by atoms with Crippen LogP contribution < -0.4 is 14.4 Å². The van der Waals surface area contributed by atoms with E-state index in [4.69, 9.17) is 9.72 Å². The Hall–Kier alpha value is -3.22. The maximum atomic E-state index is 13.5. The molecule has 1 N–H and O–H groups in total. The number of carbonyl (C=O) groups excluding carboxylic acids is 1. The summed E-state index contributed by atoms with van der Waals surface area (Å²) in [5.41, 5.74) is -0.346. The first-order chi connectivity index (χ1) is 19.5. The number of hydrogen-bond donors (Lipinski definition) is 1. The van der Waals surface area contributed by atoms with Gasteiger partial charge in [-0.05, 0) is 89.3 Å². The van der Waals surface area contributed by atoms with Crippen molar-refractivity contribution in [2.24, 2.45) is 11.3 Å². The summed E-state index contributed by atoms with van der Waals surface area (Å²) >= 11 is 1.25. The minimum atomic E-state index is -4.21. The van der Waals surface area contributed by atoms with Crippen LogP contribution in [0.3, 0.4) is 0 Å². The minimum Gasteiger partial charge on any atom is -0.477 e. The first kappa shape index (κ1) is 27.9. The van der Waals surface area contributed by atoms with Crippen molar-refractivity contribution in [3.05, 3.63) is 41.9 Å². The van der Waals surface area contributed by atoms with Crippen molar-refractivity contribution >= 4 is 23.7 Å². The van der Waals surface area contributed by atoms with Crippen LogP contribution in [0.2, 0.25) is 0 Å². The molecule has 3 aromatic rings. The summed E-state index contributed by atoms with van der Waals surface area (Å²) in [6, 6.07) is 5.08. The third-order valence-electron chi connectivity index (χ3n) is 8.70. The Kier molecular flexibility index (Phi) is 6.98. The number of nitrogens with one attached hydrogen (secondary N) is 1. The van der Waals surface area contributed by atoms with Gasteiger partial charge >= 0.3 is 6.18 Å². The number of hydrogen-bond acceptors (Lipinski definition) is 7. The van der Waals surface area contributed by atoms with Crippen LogP contribution in [-0.2, 0) is 6.54 Å². The number of ether oxygens (including phenoxy) is 1. The van der Waals surface area contributed by atoms with E-state index in [9.17, 15) is 18.0 Å². The van der Waals surface area contributed by atoms with Gasteiger partial charge in [0.1, 0.15) is 5.82 Å². The Labute approximate surface area is 241 Å². The largest absolute Gasteiger partial charge is 0.477 e. The number of amides is 1. The average Bonchev–Trinajstić information content (AvgIpc) is 3.28.